The fourth-order valence-corrected chi connectivity index (χ4v) is 2.01. The number of nitrogens with zero attached hydrogens (tertiary/aromatic N) is 1. The van der Waals surface area contributed by atoms with E-state index < -0.39 is 6.10 Å². The molecule has 0 aliphatic carbocycles. The molecule has 0 fully saturated rings. The Morgan fingerprint density at radius 2 is 2.37 bits per heavy atom. The average molecular weight is 263 g/mol. The number of ether oxygens (including phenoxy) is 1. The standard InChI is InChI=1S/C13H17N3O3/c1-2-11(13(14)16-18)19-9-4-5-10-8(7-9)3-6-12(17)15-10/h4-5,7,11,18H,2-3,6H2,1H3,(H2,14,16)(H,15,17). The Kier molecular flexibility index (Phi) is 3.89. The number of anilines is 1. The zero-order valence-corrected chi connectivity index (χ0v) is 10.7. The van der Waals surface area contributed by atoms with E-state index >= 15 is 0 Å². The van der Waals surface area contributed by atoms with Crippen molar-refractivity contribution in [2.24, 2.45) is 10.9 Å². The van der Waals surface area contributed by atoms with E-state index in [-0.39, 0.29) is 11.7 Å². The molecule has 0 spiro atoms. The van der Waals surface area contributed by atoms with Gasteiger partial charge in [-0.1, -0.05) is 12.1 Å². The van der Waals surface area contributed by atoms with Crippen molar-refractivity contribution in [3.05, 3.63) is 23.8 Å². The summed E-state index contributed by atoms with van der Waals surface area (Å²) >= 11 is 0. The predicted molar refractivity (Wildman–Crippen MR) is 71.5 cm³/mol. The minimum absolute atomic E-state index is 0.0317. The molecule has 1 atom stereocenters. The molecule has 4 N–H and O–H groups in total. The molecule has 1 heterocycles. The maximum atomic E-state index is 11.3. The molecular weight excluding hydrogens is 246 g/mol. The third-order valence-corrected chi connectivity index (χ3v) is 3.07. The molecule has 1 amide bonds. The number of hydrogen-bond donors (Lipinski definition) is 3. The molecule has 0 saturated heterocycles. The second-order valence-corrected chi connectivity index (χ2v) is 4.41. The summed E-state index contributed by atoms with van der Waals surface area (Å²) in [5, 5.41) is 14.4. The summed E-state index contributed by atoms with van der Waals surface area (Å²) in [6.45, 7) is 1.89. The molecule has 102 valence electrons. The molecule has 19 heavy (non-hydrogen) atoms. The van der Waals surface area contributed by atoms with Gasteiger partial charge in [0.1, 0.15) is 5.75 Å². The molecule has 0 aromatic heterocycles. The second-order valence-electron chi connectivity index (χ2n) is 4.41. The molecule has 1 aromatic carbocycles. The number of benzene rings is 1. The van der Waals surface area contributed by atoms with Gasteiger partial charge in [-0.3, -0.25) is 4.79 Å². The monoisotopic (exact) mass is 263 g/mol. The van der Waals surface area contributed by atoms with Gasteiger partial charge in [0.2, 0.25) is 5.91 Å². The van der Waals surface area contributed by atoms with Crippen molar-refractivity contribution in [3.63, 3.8) is 0 Å². The summed E-state index contributed by atoms with van der Waals surface area (Å²) in [4.78, 5) is 11.3. The van der Waals surface area contributed by atoms with Crippen molar-refractivity contribution in [1.29, 1.82) is 0 Å². The van der Waals surface area contributed by atoms with Crippen molar-refractivity contribution in [1.82, 2.24) is 0 Å². The molecule has 1 aliphatic rings. The highest BCUT2D eigenvalue weighted by atomic mass is 16.5. The molecule has 1 unspecified atom stereocenters. The number of oxime groups is 1. The molecule has 1 aromatic rings. The highest BCUT2D eigenvalue weighted by Gasteiger charge is 2.17. The van der Waals surface area contributed by atoms with E-state index in [0.717, 1.165) is 11.3 Å². The smallest absolute Gasteiger partial charge is 0.224 e. The number of rotatable bonds is 4. The normalized spacial score (nSPS) is 16.5. The van der Waals surface area contributed by atoms with Crippen molar-refractivity contribution < 1.29 is 14.7 Å². The molecule has 2 rings (SSSR count). The van der Waals surface area contributed by atoms with Gasteiger partial charge < -0.3 is 21.0 Å². The van der Waals surface area contributed by atoms with Gasteiger partial charge >= 0.3 is 0 Å². The maximum absolute atomic E-state index is 11.3. The van der Waals surface area contributed by atoms with Gasteiger partial charge in [-0.15, -0.1) is 0 Å². The first-order valence-corrected chi connectivity index (χ1v) is 6.21. The van der Waals surface area contributed by atoms with E-state index in [1.165, 1.54) is 0 Å². The first-order valence-electron chi connectivity index (χ1n) is 6.21. The SMILES string of the molecule is CCC(Oc1ccc2c(c1)CCC(=O)N2)C(N)=NO. The highest BCUT2D eigenvalue weighted by molar-refractivity contribution is 5.94. The lowest BCUT2D eigenvalue weighted by Crippen LogP contribution is -2.33. The van der Waals surface area contributed by atoms with Gasteiger partial charge in [-0.2, -0.15) is 0 Å². The summed E-state index contributed by atoms with van der Waals surface area (Å²) in [6.07, 6.45) is 1.32. The van der Waals surface area contributed by atoms with E-state index in [0.29, 0.717) is 25.0 Å². The van der Waals surface area contributed by atoms with Gasteiger partial charge in [0.15, 0.2) is 11.9 Å². The van der Waals surface area contributed by atoms with E-state index in [4.69, 9.17) is 15.7 Å². The Hall–Kier alpha value is -2.24. The van der Waals surface area contributed by atoms with E-state index in [1.54, 1.807) is 12.1 Å². The van der Waals surface area contributed by atoms with Crippen LogP contribution in [0.3, 0.4) is 0 Å². The third kappa shape index (κ3) is 2.96. The van der Waals surface area contributed by atoms with Crippen LogP contribution in [0.4, 0.5) is 5.69 Å². The van der Waals surface area contributed by atoms with Crippen molar-refractivity contribution in [3.8, 4) is 5.75 Å². The number of hydrogen-bond acceptors (Lipinski definition) is 4. The number of carbonyl (C=O) groups excluding carboxylic acids is 1. The molecule has 6 heteroatoms. The fraction of sp³-hybridized carbons (Fsp3) is 0.385. The fourth-order valence-electron chi connectivity index (χ4n) is 2.01. The first-order chi connectivity index (χ1) is 9.13. The topological polar surface area (TPSA) is 96.9 Å². The zero-order chi connectivity index (χ0) is 13.8. The van der Waals surface area contributed by atoms with Crippen molar-refractivity contribution in [2.45, 2.75) is 32.3 Å². The van der Waals surface area contributed by atoms with Crippen LogP contribution in [0.1, 0.15) is 25.3 Å². The van der Waals surface area contributed by atoms with Gasteiger partial charge in [0, 0.05) is 12.1 Å². The summed E-state index contributed by atoms with van der Waals surface area (Å²) in [6, 6.07) is 5.45. The number of aryl methyl sites for hydroxylation is 1. The third-order valence-electron chi connectivity index (χ3n) is 3.07. The largest absolute Gasteiger partial charge is 0.482 e. The average Bonchev–Trinajstić information content (AvgIpc) is 2.44. The number of amidine groups is 1. The Labute approximate surface area is 111 Å². The Balaban J connectivity index is 2.16. The summed E-state index contributed by atoms with van der Waals surface area (Å²) < 4.78 is 5.68. The van der Waals surface area contributed by atoms with Crippen molar-refractivity contribution >= 4 is 17.4 Å². The lowest BCUT2D eigenvalue weighted by atomic mass is 10.0. The second kappa shape index (κ2) is 5.60. The number of carbonyl (C=O) groups is 1. The molecule has 1 aliphatic heterocycles. The minimum atomic E-state index is -0.457. The van der Waals surface area contributed by atoms with Crippen LogP contribution in [0.25, 0.3) is 0 Å². The maximum Gasteiger partial charge on any atom is 0.224 e. The quantitative estimate of drug-likeness (QED) is 0.332. The van der Waals surface area contributed by atoms with Gasteiger partial charge in [0.05, 0.1) is 0 Å². The molecule has 6 nitrogen and oxygen atoms in total. The van der Waals surface area contributed by atoms with Crippen LogP contribution in [0.5, 0.6) is 5.75 Å². The minimum Gasteiger partial charge on any atom is -0.482 e. The highest BCUT2D eigenvalue weighted by Crippen LogP contribution is 2.27. The zero-order valence-electron chi connectivity index (χ0n) is 10.7. The van der Waals surface area contributed by atoms with Crippen LogP contribution in [0.2, 0.25) is 0 Å². The van der Waals surface area contributed by atoms with E-state index in [1.807, 2.05) is 13.0 Å². The predicted octanol–water partition coefficient (Wildman–Crippen LogP) is 1.48. The molecule has 0 bridgehead atoms. The molecule has 0 saturated carbocycles. The summed E-state index contributed by atoms with van der Waals surface area (Å²) in [7, 11) is 0. The van der Waals surface area contributed by atoms with Crippen LogP contribution in [0, 0.1) is 0 Å². The van der Waals surface area contributed by atoms with Crippen LogP contribution < -0.4 is 15.8 Å². The first kappa shape index (κ1) is 13.2. The summed E-state index contributed by atoms with van der Waals surface area (Å²) in [5.74, 6) is 0.728. The number of nitrogens with two attached hydrogens (primary N) is 1. The Morgan fingerprint density at radius 1 is 1.58 bits per heavy atom. The Morgan fingerprint density at radius 3 is 3.05 bits per heavy atom. The van der Waals surface area contributed by atoms with Crippen LogP contribution in [0.15, 0.2) is 23.4 Å². The van der Waals surface area contributed by atoms with Crippen LogP contribution >= 0.6 is 0 Å². The van der Waals surface area contributed by atoms with Crippen molar-refractivity contribution in [2.75, 3.05) is 5.32 Å². The van der Waals surface area contributed by atoms with Gasteiger partial charge in [0.25, 0.3) is 0 Å². The van der Waals surface area contributed by atoms with E-state index in [2.05, 4.69) is 10.5 Å². The number of amides is 1. The number of fused-ring (bicyclic) bond motifs is 1. The van der Waals surface area contributed by atoms with Crippen LogP contribution in [-0.2, 0) is 11.2 Å². The molecule has 0 radical (unpaired) electrons. The van der Waals surface area contributed by atoms with Crippen LogP contribution in [-0.4, -0.2) is 23.1 Å². The lowest BCUT2D eigenvalue weighted by molar-refractivity contribution is -0.116. The Bertz CT molecular complexity index is 514. The lowest BCUT2D eigenvalue weighted by Gasteiger charge is -2.20. The number of nitrogens with one attached hydrogen (secondary N) is 1. The van der Waals surface area contributed by atoms with Gasteiger partial charge in [-0.05, 0) is 36.6 Å². The van der Waals surface area contributed by atoms with E-state index in [9.17, 15) is 4.79 Å². The summed E-state index contributed by atoms with van der Waals surface area (Å²) in [5.41, 5.74) is 7.40. The van der Waals surface area contributed by atoms with Gasteiger partial charge in [-0.25, -0.2) is 0 Å². The molecular formula is C13H17N3O3.